The standard InChI is InChI=1S/C17H22ClN3O2.ClH/c1-23-17(5-8-19-9-6-17)16(22)20-7-4-12-11-21-15-3-2-13(18)10-14(12)15;/h2-3,10-11,19,21H,4-9H2,1H3,(H,20,22);1H. The Morgan fingerprint density at radius 3 is 2.83 bits per heavy atom. The fraction of sp³-hybridized carbons (Fsp3) is 0.471. The van der Waals surface area contributed by atoms with Gasteiger partial charge in [-0.05, 0) is 56.1 Å². The first-order valence-electron chi connectivity index (χ1n) is 7.94. The van der Waals surface area contributed by atoms with E-state index in [1.54, 1.807) is 7.11 Å². The monoisotopic (exact) mass is 371 g/mol. The van der Waals surface area contributed by atoms with E-state index in [0.29, 0.717) is 19.4 Å². The first-order valence-corrected chi connectivity index (χ1v) is 8.32. The number of carbonyl (C=O) groups excluding carboxylic acids is 1. The molecule has 0 bridgehead atoms. The maximum atomic E-state index is 12.5. The number of hydrogen-bond donors (Lipinski definition) is 3. The number of H-pyrrole nitrogens is 1. The zero-order valence-electron chi connectivity index (χ0n) is 13.7. The van der Waals surface area contributed by atoms with Crippen molar-refractivity contribution in [2.75, 3.05) is 26.7 Å². The summed E-state index contributed by atoms with van der Waals surface area (Å²) in [5.74, 6) is -0.0145. The lowest BCUT2D eigenvalue weighted by Gasteiger charge is -2.34. The van der Waals surface area contributed by atoms with Gasteiger partial charge in [0.25, 0.3) is 5.91 Å². The number of methoxy groups -OCH3 is 1. The molecule has 3 rings (SSSR count). The molecule has 1 aliphatic heterocycles. The Kier molecular flexibility index (Phi) is 6.52. The number of benzene rings is 1. The largest absolute Gasteiger partial charge is 0.368 e. The number of fused-ring (bicyclic) bond motifs is 1. The van der Waals surface area contributed by atoms with Crippen LogP contribution < -0.4 is 10.6 Å². The molecule has 0 radical (unpaired) electrons. The minimum absolute atomic E-state index is 0. The number of hydrogen-bond acceptors (Lipinski definition) is 3. The van der Waals surface area contributed by atoms with E-state index in [0.717, 1.165) is 41.0 Å². The fourth-order valence-corrected chi connectivity index (χ4v) is 3.36. The van der Waals surface area contributed by atoms with Crippen molar-refractivity contribution >= 4 is 40.8 Å². The minimum Gasteiger partial charge on any atom is -0.368 e. The van der Waals surface area contributed by atoms with Crippen molar-refractivity contribution in [3.8, 4) is 0 Å². The van der Waals surface area contributed by atoms with Crippen LogP contribution in [-0.4, -0.2) is 43.2 Å². The number of rotatable bonds is 5. The van der Waals surface area contributed by atoms with Gasteiger partial charge in [0, 0.05) is 35.8 Å². The molecule has 0 atom stereocenters. The number of ether oxygens (including phenoxy) is 1. The van der Waals surface area contributed by atoms with E-state index in [1.165, 1.54) is 0 Å². The summed E-state index contributed by atoms with van der Waals surface area (Å²) in [5, 5.41) is 8.10. The third-order valence-electron chi connectivity index (χ3n) is 4.63. The molecule has 132 valence electrons. The van der Waals surface area contributed by atoms with Crippen molar-refractivity contribution in [3.05, 3.63) is 35.0 Å². The Morgan fingerprint density at radius 2 is 2.12 bits per heavy atom. The second-order valence-corrected chi connectivity index (χ2v) is 6.39. The molecular weight excluding hydrogens is 349 g/mol. The molecule has 1 aromatic heterocycles. The van der Waals surface area contributed by atoms with Crippen LogP contribution in [0.1, 0.15) is 18.4 Å². The zero-order chi connectivity index (χ0) is 16.3. The van der Waals surface area contributed by atoms with E-state index >= 15 is 0 Å². The average Bonchev–Trinajstić information content (AvgIpc) is 2.97. The molecular formula is C17H23Cl2N3O2. The van der Waals surface area contributed by atoms with Gasteiger partial charge in [0.15, 0.2) is 0 Å². The van der Waals surface area contributed by atoms with Gasteiger partial charge in [-0.15, -0.1) is 12.4 Å². The Morgan fingerprint density at radius 1 is 1.38 bits per heavy atom. The third-order valence-corrected chi connectivity index (χ3v) is 4.86. The van der Waals surface area contributed by atoms with Crippen LogP contribution in [0.25, 0.3) is 10.9 Å². The van der Waals surface area contributed by atoms with Gasteiger partial charge in [-0.1, -0.05) is 11.6 Å². The molecule has 2 aromatic rings. The zero-order valence-corrected chi connectivity index (χ0v) is 15.2. The molecule has 1 saturated heterocycles. The minimum atomic E-state index is -0.686. The molecule has 5 nitrogen and oxygen atoms in total. The number of aromatic amines is 1. The number of amides is 1. The van der Waals surface area contributed by atoms with Crippen LogP contribution in [0.15, 0.2) is 24.4 Å². The van der Waals surface area contributed by atoms with Gasteiger partial charge in [-0.2, -0.15) is 0 Å². The van der Waals surface area contributed by atoms with Crippen LogP contribution in [0, 0.1) is 0 Å². The number of carbonyl (C=O) groups is 1. The van der Waals surface area contributed by atoms with E-state index in [2.05, 4.69) is 15.6 Å². The molecule has 2 heterocycles. The lowest BCUT2D eigenvalue weighted by molar-refractivity contribution is -0.146. The maximum Gasteiger partial charge on any atom is 0.252 e. The van der Waals surface area contributed by atoms with E-state index in [-0.39, 0.29) is 18.3 Å². The highest BCUT2D eigenvalue weighted by atomic mass is 35.5. The number of piperidine rings is 1. The first-order chi connectivity index (χ1) is 11.1. The first kappa shape index (κ1) is 19.1. The van der Waals surface area contributed by atoms with Crippen molar-refractivity contribution in [2.45, 2.75) is 24.9 Å². The van der Waals surface area contributed by atoms with Gasteiger partial charge < -0.3 is 20.4 Å². The van der Waals surface area contributed by atoms with Crippen LogP contribution in [0.5, 0.6) is 0 Å². The number of nitrogens with one attached hydrogen (secondary N) is 3. The van der Waals surface area contributed by atoms with Crippen LogP contribution in [0.4, 0.5) is 0 Å². The molecule has 1 aromatic carbocycles. The van der Waals surface area contributed by atoms with Crippen molar-refractivity contribution in [1.29, 1.82) is 0 Å². The van der Waals surface area contributed by atoms with Crippen LogP contribution in [0.3, 0.4) is 0 Å². The van der Waals surface area contributed by atoms with Gasteiger partial charge >= 0.3 is 0 Å². The molecule has 24 heavy (non-hydrogen) atoms. The van der Waals surface area contributed by atoms with Crippen LogP contribution in [0.2, 0.25) is 5.02 Å². The van der Waals surface area contributed by atoms with E-state index in [1.807, 2.05) is 24.4 Å². The topological polar surface area (TPSA) is 66.1 Å². The van der Waals surface area contributed by atoms with E-state index in [9.17, 15) is 4.79 Å². The summed E-state index contributed by atoms with van der Waals surface area (Å²) in [7, 11) is 1.62. The highest BCUT2D eigenvalue weighted by Crippen LogP contribution is 2.24. The molecule has 1 amide bonds. The molecule has 3 N–H and O–H groups in total. The summed E-state index contributed by atoms with van der Waals surface area (Å²) in [5.41, 5.74) is 1.52. The smallest absolute Gasteiger partial charge is 0.252 e. The highest BCUT2D eigenvalue weighted by molar-refractivity contribution is 6.31. The summed E-state index contributed by atoms with van der Waals surface area (Å²) in [6.45, 7) is 2.20. The Bertz CT molecular complexity index is 696. The van der Waals surface area contributed by atoms with Gasteiger partial charge in [0.2, 0.25) is 0 Å². The summed E-state index contributed by atoms with van der Waals surface area (Å²) in [4.78, 5) is 15.7. The Hall–Kier alpha value is -1.27. The summed E-state index contributed by atoms with van der Waals surface area (Å²) in [6, 6.07) is 5.79. The second-order valence-electron chi connectivity index (χ2n) is 5.96. The molecule has 0 spiro atoms. The highest BCUT2D eigenvalue weighted by Gasteiger charge is 2.39. The molecule has 7 heteroatoms. The van der Waals surface area contributed by atoms with Crippen molar-refractivity contribution in [3.63, 3.8) is 0 Å². The molecule has 0 unspecified atom stereocenters. The summed E-state index contributed by atoms with van der Waals surface area (Å²) < 4.78 is 5.54. The third kappa shape index (κ3) is 3.86. The summed E-state index contributed by atoms with van der Waals surface area (Å²) >= 11 is 6.06. The van der Waals surface area contributed by atoms with Gasteiger partial charge in [-0.25, -0.2) is 0 Å². The molecule has 1 fully saturated rings. The number of aromatic nitrogens is 1. The van der Waals surface area contributed by atoms with Gasteiger partial charge in [-0.3, -0.25) is 4.79 Å². The Balaban J connectivity index is 0.00000208. The van der Waals surface area contributed by atoms with Crippen molar-refractivity contribution < 1.29 is 9.53 Å². The molecule has 0 saturated carbocycles. The van der Waals surface area contributed by atoms with Gasteiger partial charge in [0.1, 0.15) is 5.60 Å². The van der Waals surface area contributed by atoms with Crippen LogP contribution >= 0.6 is 24.0 Å². The van der Waals surface area contributed by atoms with E-state index < -0.39 is 5.60 Å². The lowest BCUT2D eigenvalue weighted by atomic mass is 9.91. The predicted octanol–water partition coefficient (Wildman–Crippen LogP) is 2.67. The SMILES string of the molecule is COC1(C(=O)NCCc2c[nH]c3ccc(Cl)cc23)CCNCC1.Cl. The van der Waals surface area contributed by atoms with Crippen molar-refractivity contribution in [1.82, 2.24) is 15.6 Å². The van der Waals surface area contributed by atoms with Crippen molar-refractivity contribution in [2.24, 2.45) is 0 Å². The Labute approximate surface area is 152 Å². The predicted molar refractivity (Wildman–Crippen MR) is 99.1 cm³/mol. The fourth-order valence-electron chi connectivity index (χ4n) is 3.18. The summed E-state index contributed by atoms with van der Waals surface area (Å²) in [6.07, 6.45) is 4.14. The molecule has 1 aliphatic rings. The van der Waals surface area contributed by atoms with Gasteiger partial charge in [0.05, 0.1) is 0 Å². The maximum absolute atomic E-state index is 12.5. The molecule has 0 aliphatic carbocycles. The number of halogens is 2. The normalized spacial score (nSPS) is 16.6. The quantitative estimate of drug-likeness (QED) is 0.756. The lowest BCUT2D eigenvalue weighted by Crippen LogP contribution is -2.54. The second kappa shape index (κ2) is 8.21. The van der Waals surface area contributed by atoms with E-state index in [4.69, 9.17) is 16.3 Å². The van der Waals surface area contributed by atoms with Crippen LogP contribution in [-0.2, 0) is 16.0 Å². The average molecular weight is 372 g/mol.